The molecular formula is C18H23ClO4SSi. The lowest BCUT2D eigenvalue weighted by atomic mass is 10.0. The summed E-state index contributed by atoms with van der Waals surface area (Å²) >= 11 is 7.88. The van der Waals surface area contributed by atoms with Gasteiger partial charge in [-0.25, -0.2) is 0 Å². The molecular weight excluding hydrogens is 376 g/mol. The fourth-order valence-corrected chi connectivity index (χ4v) is 5.05. The number of thiophene rings is 1. The number of hydrogen-bond donors (Lipinski definition) is 0. The summed E-state index contributed by atoms with van der Waals surface area (Å²) in [6.45, 7) is 6.14. The van der Waals surface area contributed by atoms with Gasteiger partial charge in [0.25, 0.3) is 0 Å². The van der Waals surface area contributed by atoms with E-state index in [0.717, 1.165) is 20.9 Å². The van der Waals surface area contributed by atoms with Crippen LogP contribution in [0.5, 0.6) is 0 Å². The molecule has 4 nitrogen and oxygen atoms in total. The SMILES string of the molecule is COCc1sc(C2OCCO2)cc1C(O[SiH](C)C)c1cccc(Cl)c1. The highest BCUT2D eigenvalue weighted by atomic mass is 35.5. The Balaban J connectivity index is 2.01. The third-order valence-corrected chi connectivity index (χ3v) is 6.03. The van der Waals surface area contributed by atoms with Gasteiger partial charge < -0.3 is 18.6 Å². The molecule has 1 aliphatic rings. The van der Waals surface area contributed by atoms with Crippen molar-refractivity contribution in [3.8, 4) is 0 Å². The second kappa shape index (κ2) is 8.77. The van der Waals surface area contributed by atoms with E-state index in [0.29, 0.717) is 24.8 Å². The molecule has 2 heterocycles. The molecule has 136 valence electrons. The first kappa shape index (κ1) is 19.0. The van der Waals surface area contributed by atoms with Crippen LogP contribution in [0.2, 0.25) is 18.1 Å². The Morgan fingerprint density at radius 3 is 2.68 bits per heavy atom. The first-order valence-electron chi connectivity index (χ1n) is 8.34. The van der Waals surface area contributed by atoms with Gasteiger partial charge in [-0.3, -0.25) is 0 Å². The van der Waals surface area contributed by atoms with Gasteiger partial charge in [0.05, 0.1) is 30.8 Å². The summed E-state index contributed by atoms with van der Waals surface area (Å²) in [5.41, 5.74) is 2.17. The van der Waals surface area contributed by atoms with Gasteiger partial charge in [0.15, 0.2) is 15.3 Å². The molecule has 3 rings (SSSR count). The van der Waals surface area contributed by atoms with E-state index in [-0.39, 0.29) is 12.4 Å². The molecule has 1 fully saturated rings. The van der Waals surface area contributed by atoms with Crippen LogP contribution in [0.15, 0.2) is 30.3 Å². The zero-order valence-corrected chi connectivity index (χ0v) is 17.4. The average molecular weight is 399 g/mol. The molecule has 1 aromatic carbocycles. The molecule has 1 atom stereocenters. The van der Waals surface area contributed by atoms with E-state index < -0.39 is 9.04 Å². The van der Waals surface area contributed by atoms with Gasteiger partial charge in [-0.15, -0.1) is 11.3 Å². The molecule has 1 aliphatic heterocycles. The number of ether oxygens (including phenoxy) is 3. The first-order valence-corrected chi connectivity index (χ1v) is 12.3. The van der Waals surface area contributed by atoms with E-state index in [9.17, 15) is 0 Å². The zero-order valence-electron chi connectivity index (χ0n) is 14.7. The van der Waals surface area contributed by atoms with Crippen molar-refractivity contribution in [2.24, 2.45) is 0 Å². The summed E-state index contributed by atoms with van der Waals surface area (Å²) in [5.74, 6) is 0. The number of hydrogen-bond acceptors (Lipinski definition) is 5. The van der Waals surface area contributed by atoms with Crippen molar-refractivity contribution in [3.05, 3.63) is 56.2 Å². The molecule has 0 N–H and O–H groups in total. The first-order chi connectivity index (χ1) is 12.1. The molecule has 25 heavy (non-hydrogen) atoms. The molecule has 0 aliphatic carbocycles. The summed E-state index contributed by atoms with van der Waals surface area (Å²) in [6.07, 6.45) is -0.437. The molecule has 0 saturated carbocycles. The Morgan fingerprint density at radius 1 is 1.28 bits per heavy atom. The van der Waals surface area contributed by atoms with E-state index >= 15 is 0 Å². The quantitative estimate of drug-likeness (QED) is 0.634. The van der Waals surface area contributed by atoms with Gasteiger partial charge in [-0.1, -0.05) is 23.7 Å². The van der Waals surface area contributed by atoms with E-state index in [2.05, 4.69) is 25.2 Å². The minimum absolute atomic E-state index is 0.151. The van der Waals surface area contributed by atoms with Crippen molar-refractivity contribution in [1.29, 1.82) is 0 Å². The minimum Gasteiger partial charge on any atom is -0.410 e. The van der Waals surface area contributed by atoms with Crippen molar-refractivity contribution < 1.29 is 18.6 Å². The highest BCUT2D eigenvalue weighted by molar-refractivity contribution is 7.12. The molecule has 1 unspecified atom stereocenters. The molecule has 1 saturated heterocycles. The predicted molar refractivity (Wildman–Crippen MR) is 103 cm³/mol. The Labute approximate surface area is 159 Å². The maximum atomic E-state index is 6.39. The van der Waals surface area contributed by atoms with Gasteiger partial charge in [0.1, 0.15) is 0 Å². The largest absolute Gasteiger partial charge is 0.410 e. The molecule has 0 bridgehead atoms. The summed E-state index contributed by atoms with van der Waals surface area (Å²) in [6, 6.07) is 10.0. The lowest BCUT2D eigenvalue weighted by molar-refractivity contribution is -0.0413. The lowest BCUT2D eigenvalue weighted by Crippen LogP contribution is -2.16. The third kappa shape index (κ3) is 4.71. The summed E-state index contributed by atoms with van der Waals surface area (Å²) in [4.78, 5) is 2.19. The van der Waals surface area contributed by atoms with Crippen molar-refractivity contribution in [2.45, 2.75) is 32.1 Å². The molecule has 7 heteroatoms. The van der Waals surface area contributed by atoms with Crippen LogP contribution >= 0.6 is 22.9 Å². The van der Waals surface area contributed by atoms with E-state index in [1.54, 1.807) is 18.4 Å². The third-order valence-electron chi connectivity index (χ3n) is 3.83. The van der Waals surface area contributed by atoms with Crippen LogP contribution in [-0.4, -0.2) is 29.4 Å². The summed E-state index contributed by atoms with van der Waals surface area (Å²) < 4.78 is 23.1. The van der Waals surface area contributed by atoms with E-state index in [4.69, 9.17) is 30.2 Å². The fourth-order valence-electron chi connectivity index (χ4n) is 2.84. The van der Waals surface area contributed by atoms with Crippen molar-refractivity contribution in [3.63, 3.8) is 0 Å². The summed E-state index contributed by atoms with van der Waals surface area (Å²) in [7, 11) is 0.423. The Hall–Kier alpha value is -0.733. The topological polar surface area (TPSA) is 36.9 Å². The van der Waals surface area contributed by atoms with Crippen LogP contribution in [0.25, 0.3) is 0 Å². The van der Waals surface area contributed by atoms with Crippen LogP contribution in [-0.2, 0) is 25.2 Å². The molecule has 0 amide bonds. The van der Waals surface area contributed by atoms with Crippen LogP contribution in [0.4, 0.5) is 0 Å². The number of halogens is 1. The second-order valence-corrected chi connectivity index (χ2v) is 10.1. The van der Waals surface area contributed by atoms with Gasteiger partial charge in [-0.05, 0) is 36.9 Å². The van der Waals surface area contributed by atoms with E-state index in [1.807, 2.05) is 18.2 Å². The van der Waals surface area contributed by atoms with Crippen molar-refractivity contribution in [2.75, 3.05) is 20.3 Å². The molecule has 0 radical (unpaired) electrons. The average Bonchev–Trinajstić information content (AvgIpc) is 3.22. The standard InChI is InChI=1S/C18H23ClO4SSi/c1-20-11-16-14(10-15(24-16)18-21-7-8-22-18)17(23-25(2)3)12-5-4-6-13(19)9-12/h4-6,9-10,17-18,25H,7-8,11H2,1-3H3. The zero-order chi connectivity index (χ0) is 17.8. The van der Waals surface area contributed by atoms with Crippen LogP contribution in [0, 0.1) is 0 Å². The van der Waals surface area contributed by atoms with Crippen LogP contribution < -0.4 is 0 Å². The van der Waals surface area contributed by atoms with Gasteiger partial charge in [-0.2, -0.15) is 0 Å². The second-order valence-electron chi connectivity index (χ2n) is 6.15. The van der Waals surface area contributed by atoms with Gasteiger partial charge in [0.2, 0.25) is 0 Å². The Morgan fingerprint density at radius 2 is 2.04 bits per heavy atom. The normalized spacial score (nSPS) is 16.7. The molecule has 2 aromatic rings. The highest BCUT2D eigenvalue weighted by Gasteiger charge is 2.27. The summed E-state index contributed by atoms with van der Waals surface area (Å²) in [5, 5.41) is 0.711. The number of methoxy groups -OCH3 is 1. The van der Waals surface area contributed by atoms with Gasteiger partial charge >= 0.3 is 0 Å². The maximum Gasteiger partial charge on any atom is 0.193 e. The lowest BCUT2D eigenvalue weighted by Gasteiger charge is -2.22. The Bertz CT molecular complexity index is 700. The highest BCUT2D eigenvalue weighted by Crippen LogP contribution is 2.39. The number of rotatable bonds is 7. The number of benzene rings is 1. The minimum atomic E-state index is -1.28. The van der Waals surface area contributed by atoms with Crippen LogP contribution in [0.1, 0.15) is 33.3 Å². The smallest absolute Gasteiger partial charge is 0.193 e. The predicted octanol–water partition coefficient (Wildman–Crippen LogP) is 4.68. The monoisotopic (exact) mass is 398 g/mol. The molecule has 1 aromatic heterocycles. The van der Waals surface area contributed by atoms with Crippen molar-refractivity contribution >= 4 is 32.0 Å². The van der Waals surface area contributed by atoms with E-state index in [1.165, 1.54) is 0 Å². The van der Waals surface area contributed by atoms with Crippen molar-refractivity contribution in [1.82, 2.24) is 0 Å². The fraction of sp³-hybridized carbons (Fsp3) is 0.444. The maximum absolute atomic E-state index is 6.39. The Kier molecular flexibility index (Phi) is 6.68. The van der Waals surface area contributed by atoms with Crippen LogP contribution in [0.3, 0.4) is 0 Å². The van der Waals surface area contributed by atoms with Gasteiger partial charge in [0, 0.05) is 22.6 Å². The molecule has 0 spiro atoms.